The average molecular weight is 406 g/mol. The molecule has 27 heavy (non-hydrogen) atoms. The fourth-order valence-corrected chi connectivity index (χ4v) is 5.38. The van der Waals surface area contributed by atoms with Gasteiger partial charge in [-0.15, -0.1) is 11.3 Å². The number of rotatable bonds is 6. The molecule has 1 heterocycles. The number of amides is 1. The van der Waals surface area contributed by atoms with Gasteiger partial charge in [0.2, 0.25) is 0 Å². The van der Waals surface area contributed by atoms with E-state index in [1.54, 1.807) is 12.1 Å². The maximum atomic E-state index is 13.1. The van der Waals surface area contributed by atoms with Crippen LogP contribution in [0, 0.1) is 17.0 Å². The lowest BCUT2D eigenvalue weighted by atomic mass is 10.1. The Hall–Kier alpha value is -1.93. The van der Waals surface area contributed by atoms with Crippen LogP contribution in [0.1, 0.15) is 55.6 Å². The standard InChI is InChI=1S/C19H23N3O3S2/c1-12(2)21(15-6-4-5-7-15)18(23)14-8-9-17(16(10-14)22(24)25)27-19-20-13(3)11-26-19/h8-12,15H,4-7H2,1-3H3. The second kappa shape index (κ2) is 8.39. The van der Waals surface area contributed by atoms with Crippen molar-refractivity contribution in [2.45, 2.75) is 67.8 Å². The number of thiazole rings is 1. The predicted molar refractivity (Wildman–Crippen MR) is 108 cm³/mol. The number of nitro groups is 1. The van der Waals surface area contributed by atoms with Gasteiger partial charge in [-0.05, 0) is 45.7 Å². The maximum absolute atomic E-state index is 13.1. The maximum Gasteiger partial charge on any atom is 0.284 e. The van der Waals surface area contributed by atoms with Crippen LogP contribution in [-0.4, -0.2) is 32.8 Å². The second-order valence-corrected chi connectivity index (χ2v) is 9.19. The number of benzene rings is 1. The summed E-state index contributed by atoms with van der Waals surface area (Å²) in [7, 11) is 0. The highest BCUT2D eigenvalue weighted by molar-refractivity contribution is 8.01. The summed E-state index contributed by atoms with van der Waals surface area (Å²) in [6.07, 6.45) is 4.26. The molecule has 0 bridgehead atoms. The van der Waals surface area contributed by atoms with Crippen molar-refractivity contribution in [3.63, 3.8) is 0 Å². The third kappa shape index (κ3) is 4.50. The van der Waals surface area contributed by atoms with E-state index in [-0.39, 0.29) is 23.7 Å². The molecule has 0 radical (unpaired) electrons. The van der Waals surface area contributed by atoms with E-state index in [1.807, 2.05) is 31.1 Å². The molecule has 2 aromatic rings. The van der Waals surface area contributed by atoms with Crippen molar-refractivity contribution in [3.05, 3.63) is 45.0 Å². The Labute approximate surface area is 167 Å². The molecule has 8 heteroatoms. The smallest absolute Gasteiger partial charge is 0.284 e. The Morgan fingerprint density at radius 1 is 1.37 bits per heavy atom. The van der Waals surface area contributed by atoms with E-state index >= 15 is 0 Å². The summed E-state index contributed by atoms with van der Waals surface area (Å²) in [4.78, 5) is 31.0. The first kappa shape index (κ1) is 19.8. The molecule has 1 aliphatic carbocycles. The van der Waals surface area contributed by atoms with Gasteiger partial charge in [0, 0.05) is 34.8 Å². The second-order valence-electron chi connectivity index (χ2n) is 7.04. The van der Waals surface area contributed by atoms with Crippen molar-refractivity contribution in [1.82, 2.24) is 9.88 Å². The van der Waals surface area contributed by atoms with Crippen LogP contribution >= 0.6 is 23.1 Å². The molecule has 1 amide bonds. The van der Waals surface area contributed by atoms with Gasteiger partial charge in [0.25, 0.3) is 11.6 Å². The van der Waals surface area contributed by atoms with Crippen LogP contribution in [0.5, 0.6) is 0 Å². The Morgan fingerprint density at radius 2 is 2.07 bits per heavy atom. The fourth-order valence-electron chi connectivity index (χ4n) is 3.51. The number of nitrogens with zero attached hydrogens (tertiary/aromatic N) is 3. The first-order valence-electron chi connectivity index (χ1n) is 9.08. The van der Waals surface area contributed by atoms with E-state index in [4.69, 9.17) is 0 Å². The summed E-state index contributed by atoms with van der Waals surface area (Å²) in [5.41, 5.74) is 1.22. The quantitative estimate of drug-likeness (QED) is 0.481. The summed E-state index contributed by atoms with van der Waals surface area (Å²) in [5.74, 6) is -0.123. The lowest BCUT2D eigenvalue weighted by Gasteiger charge is -2.33. The van der Waals surface area contributed by atoms with E-state index in [2.05, 4.69) is 4.98 Å². The minimum absolute atomic E-state index is 0.0474. The molecule has 1 fully saturated rings. The normalized spacial score (nSPS) is 14.7. The van der Waals surface area contributed by atoms with Crippen molar-refractivity contribution in [1.29, 1.82) is 0 Å². The minimum Gasteiger partial charge on any atom is -0.333 e. The number of aryl methyl sites for hydroxylation is 1. The number of hydrogen-bond donors (Lipinski definition) is 0. The van der Waals surface area contributed by atoms with E-state index < -0.39 is 4.92 Å². The summed E-state index contributed by atoms with van der Waals surface area (Å²) in [6, 6.07) is 5.06. The molecule has 1 aromatic carbocycles. The molecule has 1 aliphatic rings. The van der Waals surface area contributed by atoms with E-state index in [9.17, 15) is 14.9 Å². The van der Waals surface area contributed by atoms with Gasteiger partial charge in [0.1, 0.15) is 0 Å². The highest BCUT2D eigenvalue weighted by Gasteiger charge is 2.30. The molecule has 0 atom stereocenters. The highest BCUT2D eigenvalue weighted by atomic mass is 32.2. The van der Waals surface area contributed by atoms with Crippen molar-refractivity contribution in [3.8, 4) is 0 Å². The van der Waals surface area contributed by atoms with Gasteiger partial charge in [-0.2, -0.15) is 0 Å². The average Bonchev–Trinajstić information content (AvgIpc) is 3.27. The van der Waals surface area contributed by atoms with Gasteiger partial charge >= 0.3 is 0 Å². The SMILES string of the molecule is Cc1csc(Sc2ccc(C(=O)N(C(C)C)C3CCCC3)cc2[N+](=O)[O-])n1. The van der Waals surface area contributed by atoms with Gasteiger partial charge < -0.3 is 4.90 Å². The number of carbonyl (C=O) groups excluding carboxylic acids is 1. The molecule has 3 rings (SSSR count). The Kier molecular flexibility index (Phi) is 6.16. The van der Waals surface area contributed by atoms with Gasteiger partial charge in [-0.25, -0.2) is 4.98 Å². The summed E-state index contributed by atoms with van der Waals surface area (Å²) in [6.45, 7) is 5.89. The molecule has 0 spiro atoms. The van der Waals surface area contributed by atoms with Crippen LogP contribution in [0.3, 0.4) is 0 Å². The summed E-state index contributed by atoms with van der Waals surface area (Å²) >= 11 is 2.72. The van der Waals surface area contributed by atoms with Gasteiger partial charge in [0.05, 0.1) is 9.82 Å². The Bertz CT molecular complexity index is 844. The van der Waals surface area contributed by atoms with E-state index in [0.29, 0.717) is 10.5 Å². The van der Waals surface area contributed by atoms with Crippen molar-refractivity contribution < 1.29 is 9.72 Å². The third-order valence-corrected chi connectivity index (χ3v) is 6.83. The van der Waals surface area contributed by atoms with Crippen LogP contribution in [0.2, 0.25) is 0 Å². The number of carbonyl (C=O) groups is 1. The Balaban J connectivity index is 1.90. The molecule has 0 unspecified atom stereocenters. The summed E-state index contributed by atoms with van der Waals surface area (Å²) in [5, 5.41) is 13.5. The number of nitro benzene ring substituents is 1. The van der Waals surface area contributed by atoms with E-state index in [0.717, 1.165) is 35.7 Å². The Morgan fingerprint density at radius 3 is 2.63 bits per heavy atom. The topological polar surface area (TPSA) is 76.3 Å². The van der Waals surface area contributed by atoms with Crippen LogP contribution in [-0.2, 0) is 0 Å². The highest BCUT2D eigenvalue weighted by Crippen LogP contribution is 2.37. The zero-order valence-electron chi connectivity index (χ0n) is 15.7. The molecule has 0 saturated heterocycles. The minimum atomic E-state index is -0.422. The molecule has 1 aromatic heterocycles. The lowest BCUT2D eigenvalue weighted by Crippen LogP contribution is -2.43. The lowest BCUT2D eigenvalue weighted by molar-refractivity contribution is -0.387. The molecule has 1 saturated carbocycles. The monoisotopic (exact) mass is 405 g/mol. The van der Waals surface area contributed by atoms with Crippen LogP contribution in [0.4, 0.5) is 5.69 Å². The molecule has 6 nitrogen and oxygen atoms in total. The zero-order valence-corrected chi connectivity index (χ0v) is 17.3. The van der Waals surface area contributed by atoms with E-state index in [1.165, 1.54) is 29.2 Å². The number of hydrogen-bond acceptors (Lipinski definition) is 6. The van der Waals surface area contributed by atoms with Gasteiger partial charge in [-0.1, -0.05) is 24.6 Å². The zero-order chi connectivity index (χ0) is 19.6. The van der Waals surface area contributed by atoms with Crippen LogP contribution < -0.4 is 0 Å². The molecule has 0 N–H and O–H groups in total. The van der Waals surface area contributed by atoms with Crippen LogP contribution in [0.15, 0.2) is 32.8 Å². The van der Waals surface area contributed by atoms with Crippen molar-refractivity contribution >= 4 is 34.7 Å². The fraction of sp³-hybridized carbons (Fsp3) is 0.474. The van der Waals surface area contributed by atoms with Crippen molar-refractivity contribution in [2.24, 2.45) is 0 Å². The van der Waals surface area contributed by atoms with Gasteiger partial charge in [-0.3, -0.25) is 14.9 Å². The molecule has 144 valence electrons. The predicted octanol–water partition coefficient (Wildman–Crippen LogP) is 5.30. The largest absolute Gasteiger partial charge is 0.333 e. The molecular formula is C19H23N3O3S2. The first-order chi connectivity index (χ1) is 12.9. The third-order valence-electron chi connectivity index (χ3n) is 4.71. The van der Waals surface area contributed by atoms with Crippen molar-refractivity contribution in [2.75, 3.05) is 0 Å². The summed E-state index contributed by atoms with van der Waals surface area (Å²) < 4.78 is 0.754. The first-order valence-corrected chi connectivity index (χ1v) is 10.8. The molecular weight excluding hydrogens is 382 g/mol. The van der Waals surface area contributed by atoms with Gasteiger partial charge in [0.15, 0.2) is 4.34 Å². The molecule has 0 aliphatic heterocycles. The van der Waals surface area contributed by atoms with Crippen LogP contribution in [0.25, 0.3) is 0 Å². The number of aromatic nitrogens is 1.